The molecule has 128 heavy (non-hydrogen) atoms. The number of rotatable bonds is 32. The van der Waals surface area contributed by atoms with Crippen LogP contribution in [0.25, 0.3) is 0 Å². The molecule has 7 fully saturated rings. The number of ether oxygens (including phenoxy) is 4. The molecular formula is C76H122N18O34. The molecule has 7 rings (SSSR count). The summed E-state index contributed by atoms with van der Waals surface area (Å²) in [7, 11) is 0. The Balaban J connectivity index is 1.10. The largest absolute Gasteiger partial charge is 0.388 e. The molecule has 0 aromatic heterocycles. The van der Waals surface area contributed by atoms with E-state index in [-0.39, 0.29) is 142 Å². The Bertz CT molecular complexity index is 3620. The molecule has 7 aliphatic heterocycles. The number of carbonyl (C=O) groups excluding carboxylic acids is 14. The molecule has 0 bridgehead atoms. The van der Waals surface area contributed by atoms with E-state index in [0.29, 0.717) is 24.9 Å². The molecule has 52 heteroatoms. The Labute approximate surface area is 733 Å². The summed E-state index contributed by atoms with van der Waals surface area (Å²) < 4.78 is 21.2. The van der Waals surface area contributed by atoms with Gasteiger partial charge in [-0.15, -0.1) is 0 Å². The van der Waals surface area contributed by atoms with Crippen molar-refractivity contribution in [2.45, 2.75) is 315 Å². The van der Waals surface area contributed by atoms with Crippen molar-refractivity contribution >= 4 is 108 Å². The minimum absolute atomic E-state index is 0.0268. The molecule has 7 saturated heterocycles. The van der Waals surface area contributed by atoms with Gasteiger partial charge in [0.15, 0.2) is 0 Å². The van der Waals surface area contributed by atoms with Crippen molar-refractivity contribution in [2.24, 2.45) is 20.6 Å². The van der Waals surface area contributed by atoms with Crippen LogP contribution in [0.5, 0.6) is 0 Å². The normalized spacial score (nSPS) is 34.5. The smallest absolute Gasteiger partial charge is 0.265 e. The number of aliphatic hydroxyl groups excluding tert-OH is 12. The quantitative estimate of drug-likeness (QED) is 0.0169. The van der Waals surface area contributed by atoms with Gasteiger partial charge in [0.25, 0.3) is 48.8 Å². The van der Waals surface area contributed by atoms with E-state index in [4.69, 9.17) is 38.3 Å². The lowest BCUT2D eigenvalue weighted by atomic mass is 10.0. The lowest BCUT2D eigenvalue weighted by Crippen LogP contribution is -2.59. The van der Waals surface area contributed by atoms with Crippen LogP contribution in [0.2, 0.25) is 0 Å². The second kappa shape index (κ2) is 51.9. The van der Waals surface area contributed by atoms with Crippen LogP contribution in [0.3, 0.4) is 0 Å². The summed E-state index contributed by atoms with van der Waals surface area (Å²) in [5, 5.41) is 166. The van der Waals surface area contributed by atoms with Crippen LogP contribution < -0.4 is 63.8 Å². The van der Waals surface area contributed by atoms with Gasteiger partial charge in [-0.1, -0.05) is 20.6 Å². The number of hydrogen-bond acceptors (Lipinski definition) is 38. The molecule has 14 amide bonds. The zero-order chi connectivity index (χ0) is 94.2. The third-order valence-corrected chi connectivity index (χ3v) is 22.0. The van der Waals surface area contributed by atoms with Gasteiger partial charge in [-0.25, -0.2) is 0 Å². The van der Waals surface area contributed by atoms with Gasteiger partial charge in [0, 0.05) is 39.3 Å². The van der Waals surface area contributed by atoms with Crippen LogP contribution in [0.4, 0.5) is 0 Å². The molecule has 28 atom stereocenters. The van der Waals surface area contributed by atoms with Crippen LogP contribution in [0.1, 0.15) is 144 Å². The Hall–Kier alpha value is -10.2. The Kier molecular flexibility index (Phi) is 42.5. The van der Waals surface area contributed by atoms with Crippen molar-refractivity contribution in [3.05, 3.63) is 0 Å². The third kappa shape index (κ3) is 31.6. The zero-order valence-electron chi connectivity index (χ0n) is 71.5. The van der Waals surface area contributed by atoms with Crippen LogP contribution in [0, 0.1) is 0 Å². The van der Waals surface area contributed by atoms with Crippen molar-refractivity contribution in [2.75, 3.05) is 52.4 Å². The first-order chi connectivity index (χ1) is 60.8. The molecular weight excluding hydrogens is 1710 g/mol. The maximum Gasteiger partial charge on any atom is 0.265 e. The van der Waals surface area contributed by atoms with Gasteiger partial charge in [0.05, 0.1) is 37.5 Å². The monoisotopic (exact) mass is 1830 g/mol. The van der Waals surface area contributed by atoms with Gasteiger partial charge in [0.1, 0.15) is 146 Å². The highest BCUT2D eigenvalue weighted by molar-refractivity contribution is 6.27. The fourth-order valence-electron chi connectivity index (χ4n) is 14.4. The second-order valence-electron chi connectivity index (χ2n) is 31.9. The summed E-state index contributed by atoms with van der Waals surface area (Å²) in [5.74, 6) is -12.4. The van der Waals surface area contributed by atoms with Crippen molar-refractivity contribution in [1.82, 2.24) is 73.6 Å². The lowest BCUT2D eigenvalue weighted by molar-refractivity contribution is -0.293. The van der Waals surface area contributed by atoms with Gasteiger partial charge in [-0.05, 0) is 144 Å². The van der Waals surface area contributed by atoms with E-state index in [0.717, 1.165) is 9.80 Å². The van der Waals surface area contributed by atoms with Crippen molar-refractivity contribution in [1.29, 1.82) is 0 Å². The standard InChI is InChI=1S/C76H122N18O34/c1-35-65(113)91-43(19-9-13-25-79-49(97)33-85-127-75-63(111)59(107)55(103)39(5)123-75)71(119)93-27-15-21-45(93)69(117)82-30-52(100)90-42(18-8-12-24-78-48(96)32-84-126-74-62(110)58(106)54(102)38(4)122-74)68(116)88-36(2)66(114)92-44(20-10-14-26-80-50(98)34-86-128-76-64(112)60(108)56(104)40(6)124-76)72(120)94-28-16-22-46(94)70(118)81-29-51(99)89-41(67(115)87-35)17-7-11-23-77-47(95)31-83-125-73-61(109)57(105)53(101)37(3)121-73/h31-46,53-64,73-76,101-112H,7-30H2,1-6H3,(H,77,95)(H,78,96)(H,79,97)(H,80,98)(H,81,118)(H,82,117)(H,87,115)(H,88,116)(H,89,99)(H,90,100)(H,91,113)(H,92,114)/b83-31+,84-32+,85-33+,86-34+/t35-,36-,37-,38-,39-,40-,41-,42-,43-,44-,45-,46-,53+,54+,55+,56+,57+,58+,59+,60+,61-,62-,63-,64-,73-,74-,75-,76-/m0/s1. The maximum absolute atomic E-state index is 14.9. The summed E-state index contributed by atoms with van der Waals surface area (Å²) in [6, 6.07) is -11.6. The lowest BCUT2D eigenvalue weighted by Gasteiger charge is -2.37. The summed E-state index contributed by atoms with van der Waals surface area (Å²) in [6.07, 6.45) is -26.2. The molecule has 0 unspecified atom stereocenters. The van der Waals surface area contributed by atoms with E-state index in [9.17, 15) is 128 Å². The molecule has 52 nitrogen and oxygen atoms in total. The Morgan fingerprint density at radius 2 is 0.602 bits per heavy atom. The number of unbranched alkanes of at least 4 members (excludes halogenated alkanes) is 4. The molecule has 0 saturated carbocycles. The van der Waals surface area contributed by atoms with E-state index < -0.39 is 267 Å². The van der Waals surface area contributed by atoms with Gasteiger partial charge in [-0.3, -0.25) is 67.1 Å². The van der Waals surface area contributed by atoms with Crippen LogP contribution in [0.15, 0.2) is 20.6 Å². The van der Waals surface area contributed by atoms with Crippen LogP contribution in [-0.4, -0.2) is 402 Å². The number of hydrogen-bond donors (Lipinski definition) is 24. The van der Waals surface area contributed by atoms with E-state index in [1.165, 1.54) is 41.5 Å². The Morgan fingerprint density at radius 3 is 0.867 bits per heavy atom. The maximum atomic E-state index is 14.9. The SMILES string of the molecule is C[C@@H]1NC(=O)[C@H](CCCCNC(=O)/C=N/O[C@@H]2O[C@@H](C)[C@@H](O)[C@@H](O)[C@@H]2O)NC(=O)CNC(=O)[C@@H]2CCCN2C(=O)[C@H](CCCCNC(=O)/C=N/O[C@@H]2O[C@@H](C)[C@@H](O)[C@@H](O)[C@@H]2O)NC(=O)[C@H](C)NC(=O)[C@H](CCCCNC(=O)/C=N/O[C@@H]2O[C@@H](C)[C@@H](O)[C@@H](O)[C@@H]2O)NC(=O)CNC(=O)[C@@H]2CCCN2C(=O)[C@H](CCCCNC(=O)/C=N/O[C@@H]2O[C@@H](C)[C@@H](O)[C@@H](O)[C@@H]2O)NC1=O. The average Bonchev–Trinajstić information content (AvgIpc) is 1.42. The van der Waals surface area contributed by atoms with Crippen molar-refractivity contribution in [3.63, 3.8) is 0 Å². The molecule has 0 aliphatic carbocycles. The molecule has 0 aromatic carbocycles. The first-order valence-electron chi connectivity index (χ1n) is 42.4. The summed E-state index contributed by atoms with van der Waals surface area (Å²) in [5.41, 5.74) is 0. The summed E-state index contributed by atoms with van der Waals surface area (Å²) in [4.78, 5) is 218. The molecule has 720 valence electrons. The predicted molar refractivity (Wildman–Crippen MR) is 434 cm³/mol. The number of carbonyl (C=O) groups is 14. The highest BCUT2D eigenvalue weighted by atomic mass is 16.8. The molecule has 7 aliphatic rings. The van der Waals surface area contributed by atoms with Gasteiger partial charge in [0.2, 0.25) is 59.1 Å². The highest BCUT2D eigenvalue weighted by Gasteiger charge is 2.49. The summed E-state index contributed by atoms with van der Waals surface area (Å²) >= 11 is 0. The predicted octanol–water partition coefficient (Wildman–Crippen LogP) is -12.4. The van der Waals surface area contributed by atoms with Gasteiger partial charge < -0.3 is 173 Å². The second-order valence-corrected chi connectivity index (χ2v) is 31.9. The molecule has 0 radical (unpaired) electrons. The highest BCUT2D eigenvalue weighted by Crippen LogP contribution is 2.28. The number of nitrogens with zero attached hydrogens (tertiary/aromatic N) is 6. The summed E-state index contributed by atoms with van der Waals surface area (Å²) in [6.45, 7) is 6.00. The minimum Gasteiger partial charge on any atom is -0.388 e. The van der Waals surface area contributed by atoms with Crippen LogP contribution >= 0.6 is 0 Å². The number of fused-ring (bicyclic) bond motifs is 2. The van der Waals surface area contributed by atoms with Gasteiger partial charge in [-0.2, -0.15) is 0 Å². The number of aliphatic hydroxyl groups is 12. The minimum atomic E-state index is -1.73. The van der Waals surface area contributed by atoms with E-state index in [1.807, 2.05) is 0 Å². The molecule has 24 N–H and O–H groups in total. The fraction of sp³-hybridized carbons (Fsp3) is 0.763. The third-order valence-electron chi connectivity index (χ3n) is 22.0. The molecule has 7 heterocycles. The topological polar surface area (TPSA) is 756 Å². The van der Waals surface area contributed by atoms with Crippen molar-refractivity contribution in [3.8, 4) is 0 Å². The van der Waals surface area contributed by atoms with E-state index >= 15 is 0 Å². The number of oxime groups is 4. The number of nitrogens with one attached hydrogen (secondary N) is 12. The van der Waals surface area contributed by atoms with Crippen LogP contribution in [-0.2, 0) is 105 Å². The van der Waals surface area contributed by atoms with E-state index in [2.05, 4.69) is 84.4 Å². The Morgan fingerprint density at radius 1 is 0.344 bits per heavy atom. The van der Waals surface area contributed by atoms with Gasteiger partial charge >= 0.3 is 0 Å². The molecule has 0 aromatic rings. The van der Waals surface area contributed by atoms with Crippen molar-refractivity contribution < 1.29 is 167 Å². The van der Waals surface area contributed by atoms with E-state index in [1.54, 1.807) is 0 Å². The number of amides is 14. The average molecular weight is 1830 g/mol. The molecule has 0 spiro atoms. The zero-order valence-corrected chi connectivity index (χ0v) is 71.5. The first kappa shape index (κ1) is 105. The first-order valence-corrected chi connectivity index (χ1v) is 42.4. The fourth-order valence-corrected chi connectivity index (χ4v) is 14.4.